The Morgan fingerprint density at radius 1 is 1.42 bits per heavy atom. The lowest BCUT2D eigenvalue weighted by Gasteiger charge is -2.27. The predicted molar refractivity (Wildman–Crippen MR) is 92.4 cm³/mol. The molecule has 0 radical (unpaired) electrons. The van der Waals surface area contributed by atoms with Crippen molar-refractivity contribution < 1.29 is 0 Å². The van der Waals surface area contributed by atoms with E-state index < -0.39 is 0 Å². The smallest absolute Gasteiger partial charge is 0.0377 e. The lowest BCUT2D eigenvalue weighted by molar-refractivity contribution is 0.645. The summed E-state index contributed by atoms with van der Waals surface area (Å²) in [6, 6.07) is 7.37. The van der Waals surface area contributed by atoms with Crippen LogP contribution in [0.2, 0.25) is 0 Å². The molecule has 2 atom stereocenters. The molecule has 1 aromatic carbocycles. The largest absolute Gasteiger partial charge is 0.371 e. The van der Waals surface area contributed by atoms with Crippen molar-refractivity contribution in [2.24, 2.45) is 5.73 Å². The highest BCUT2D eigenvalue weighted by atomic mass is 79.9. The summed E-state index contributed by atoms with van der Waals surface area (Å²) in [5.74, 6) is 1.14. The number of hydrogen-bond donors (Lipinski definition) is 1. The molecule has 0 amide bonds. The Hall–Kier alpha value is -0.190. The van der Waals surface area contributed by atoms with Crippen LogP contribution in [0.4, 0.5) is 5.69 Å². The zero-order valence-electron chi connectivity index (χ0n) is 12.3. The van der Waals surface area contributed by atoms with Gasteiger partial charge in [-0.3, -0.25) is 0 Å². The minimum atomic E-state index is 0.246. The SMILES string of the molecule is CCC(N)Cc1ccc(N(C)C(C)CSC)cc1Br. The van der Waals surface area contributed by atoms with Crippen molar-refractivity contribution in [2.75, 3.05) is 24.0 Å². The Kier molecular flexibility index (Phi) is 7.26. The van der Waals surface area contributed by atoms with Gasteiger partial charge in [0.05, 0.1) is 0 Å². The Labute approximate surface area is 130 Å². The molecular weight excluding hydrogens is 320 g/mol. The van der Waals surface area contributed by atoms with Crippen LogP contribution in [0, 0.1) is 0 Å². The number of nitrogens with two attached hydrogens (primary N) is 1. The molecule has 0 spiro atoms. The molecule has 4 heteroatoms. The number of benzene rings is 1. The van der Waals surface area contributed by atoms with Crippen LogP contribution >= 0.6 is 27.7 Å². The van der Waals surface area contributed by atoms with E-state index in [1.807, 2.05) is 11.8 Å². The van der Waals surface area contributed by atoms with E-state index in [1.165, 1.54) is 11.3 Å². The third-order valence-corrected chi connectivity index (χ3v) is 5.07. The first-order chi connectivity index (χ1) is 8.99. The lowest BCUT2D eigenvalue weighted by Crippen LogP contribution is -2.30. The maximum atomic E-state index is 6.03. The summed E-state index contributed by atoms with van der Waals surface area (Å²) in [6.45, 7) is 4.39. The molecule has 0 fully saturated rings. The minimum Gasteiger partial charge on any atom is -0.371 e. The lowest BCUT2D eigenvalue weighted by atomic mass is 10.0. The quantitative estimate of drug-likeness (QED) is 0.812. The molecule has 1 rings (SSSR count). The highest BCUT2D eigenvalue weighted by Crippen LogP contribution is 2.26. The summed E-state index contributed by atoms with van der Waals surface area (Å²) in [4.78, 5) is 2.32. The molecule has 0 aliphatic rings. The first kappa shape index (κ1) is 16.9. The van der Waals surface area contributed by atoms with Gasteiger partial charge in [0.2, 0.25) is 0 Å². The van der Waals surface area contributed by atoms with Gasteiger partial charge in [0.25, 0.3) is 0 Å². The summed E-state index contributed by atoms with van der Waals surface area (Å²) in [5.41, 5.74) is 8.57. The summed E-state index contributed by atoms with van der Waals surface area (Å²) < 4.78 is 1.16. The summed E-state index contributed by atoms with van der Waals surface area (Å²) in [5, 5.41) is 0. The van der Waals surface area contributed by atoms with E-state index in [0.717, 1.165) is 23.1 Å². The van der Waals surface area contributed by atoms with Crippen molar-refractivity contribution in [3.05, 3.63) is 28.2 Å². The standard InChI is InChI=1S/C15H25BrN2S/c1-5-13(17)8-12-6-7-14(9-15(12)16)18(3)11(2)10-19-4/h6-7,9,11,13H,5,8,10,17H2,1-4H3. The molecule has 0 aliphatic carbocycles. The summed E-state index contributed by atoms with van der Waals surface area (Å²) in [7, 11) is 2.15. The van der Waals surface area contributed by atoms with Crippen molar-refractivity contribution in [1.29, 1.82) is 0 Å². The first-order valence-electron chi connectivity index (χ1n) is 6.75. The van der Waals surface area contributed by atoms with Crippen LogP contribution in [0.3, 0.4) is 0 Å². The number of thioether (sulfide) groups is 1. The van der Waals surface area contributed by atoms with Crippen LogP contribution < -0.4 is 10.6 Å². The van der Waals surface area contributed by atoms with Gasteiger partial charge in [-0.2, -0.15) is 11.8 Å². The van der Waals surface area contributed by atoms with Gasteiger partial charge in [-0.25, -0.2) is 0 Å². The fraction of sp³-hybridized carbons (Fsp3) is 0.600. The normalized spacial score (nSPS) is 14.2. The van der Waals surface area contributed by atoms with Crippen LogP contribution in [-0.4, -0.2) is 31.1 Å². The molecule has 0 bridgehead atoms. The van der Waals surface area contributed by atoms with Crippen molar-refractivity contribution in [3.8, 4) is 0 Å². The molecule has 0 heterocycles. The van der Waals surface area contributed by atoms with Gasteiger partial charge in [0.15, 0.2) is 0 Å². The van der Waals surface area contributed by atoms with Crippen LogP contribution in [0.1, 0.15) is 25.8 Å². The minimum absolute atomic E-state index is 0.246. The van der Waals surface area contributed by atoms with Gasteiger partial charge in [-0.1, -0.05) is 28.9 Å². The zero-order valence-corrected chi connectivity index (χ0v) is 14.7. The molecule has 2 N–H and O–H groups in total. The van der Waals surface area contributed by atoms with Gasteiger partial charge >= 0.3 is 0 Å². The number of anilines is 1. The molecule has 19 heavy (non-hydrogen) atoms. The first-order valence-corrected chi connectivity index (χ1v) is 8.94. The molecule has 0 aliphatic heterocycles. The van der Waals surface area contributed by atoms with Gasteiger partial charge < -0.3 is 10.6 Å². The van der Waals surface area contributed by atoms with Crippen molar-refractivity contribution in [2.45, 2.75) is 38.8 Å². The van der Waals surface area contributed by atoms with E-state index in [0.29, 0.717) is 6.04 Å². The Bertz CT molecular complexity index is 398. The second kappa shape index (κ2) is 8.18. The molecule has 2 nitrogen and oxygen atoms in total. The van der Waals surface area contributed by atoms with E-state index >= 15 is 0 Å². The molecule has 1 aromatic rings. The number of rotatable bonds is 7. The maximum Gasteiger partial charge on any atom is 0.0377 e. The molecule has 0 saturated carbocycles. The van der Waals surface area contributed by atoms with Crippen molar-refractivity contribution >= 4 is 33.4 Å². The molecule has 2 unspecified atom stereocenters. The third-order valence-electron chi connectivity index (χ3n) is 3.52. The van der Waals surface area contributed by atoms with Crippen molar-refractivity contribution in [1.82, 2.24) is 0 Å². The van der Waals surface area contributed by atoms with Gasteiger partial charge in [-0.15, -0.1) is 0 Å². The van der Waals surface area contributed by atoms with Crippen LogP contribution in [0.15, 0.2) is 22.7 Å². The van der Waals surface area contributed by atoms with Crippen molar-refractivity contribution in [3.63, 3.8) is 0 Å². The fourth-order valence-electron chi connectivity index (χ4n) is 1.96. The predicted octanol–water partition coefficient (Wildman–Crippen LogP) is 3.92. The average Bonchev–Trinajstić information content (AvgIpc) is 2.40. The highest BCUT2D eigenvalue weighted by molar-refractivity contribution is 9.10. The average molecular weight is 345 g/mol. The van der Waals surface area contributed by atoms with Crippen LogP contribution in [-0.2, 0) is 6.42 Å². The Morgan fingerprint density at radius 2 is 2.11 bits per heavy atom. The Morgan fingerprint density at radius 3 is 2.63 bits per heavy atom. The number of halogens is 1. The van der Waals surface area contributed by atoms with Gasteiger partial charge in [0.1, 0.15) is 0 Å². The van der Waals surface area contributed by atoms with Gasteiger partial charge in [0, 0.05) is 35.0 Å². The summed E-state index contributed by atoms with van der Waals surface area (Å²) in [6.07, 6.45) is 4.09. The Balaban J connectivity index is 2.81. The summed E-state index contributed by atoms with van der Waals surface area (Å²) >= 11 is 5.56. The van der Waals surface area contributed by atoms with Crippen LogP contribution in [0.5, 0.6) is 0 Å². The molecule has 0 aromatic heterocycles. The zero-order chi connectivity index (χ0) is 14.4. The second-order valence-electron chi connectivity index (χ2n) is 5.06. The van der Waals surface area contributed by atoms with E-state index in [4.69, 9.17) is 5.73 Å². The highest BCUT2D eigenvalue weighted by Gasteiger charge is 2.12. The molecule has 108 valence electrons. The van der Waals surface area contributed by atoms with E-state index in [-0.39, 0.29) is 6.04 Å². The topological polar surface area (TPSA) is 29.3 Å². The van der Waals surface area contributed by atoms with Crippen LogP contribution in [0.25, 0.3) is 0 Å². The van der Waals surface area contributed by atoms with E-state index in [9.17, 15) is 0 Å². The number of nitrogens with zero attached hydrogens (tertiary/aromatic N) is 1. The fourth-order valence-corrected chi connectivity index (χ4v) is 3.19. The second-order valence-corrected chi connectivity index (χ2v) is 6.83. The maximum absolute atomic E-state index is 6.03. The van der Waals surface area contributed by atoms with E-state index in [2.05, 4.69) is 66.2 Å². The van der Waals surface area contributed by atoms with E-state index in [1.54, 1.807) is 0 Å². The molecular formula is C15H25BrN2S. The third kappa shape index (κ3) is 5.01. The van der Waals surface area contributed by atoms with Gasteiger partial charge in [-0.05, 0) is 43.7 Å². The molecule has 0 saturated heterocycles. The number of hydrogen-bond acceptors (Lipinski definition) is 3. The monoisotopic (exact) mass is 344 g/mol.